The Morgan fingerprint density at radius 3 is 2.67 bits per heavy atom. The molecule has 1 aliphatic rings. The highest BCUT2D eigenvalue weighted by Crippen LogP contribution is 2.41. The van der Waals surface area contributed by atoms with E-state index in [1.807, 2.05) is 6.34 Å². The van der Waals surface area contributed by atoms with Crippen molar-refractivity contribution in [3.05, 3.63) is 65.9 Å². The second-order valence-electron chi connectivity index (χ2n) is 7.46. The third kappa shape index (κ3) is 2.60. The highest BCUT2D eigenvalue weighted by molar-refractivity contribution is 5.89. The van der Waals surface area contributed by atoms with Crippen LogP contribution < -0.4 is 4.90 Å². The van der Waals surface area contributed by atoms with E-state index >= 15 is 0 Å². The van der Waals surface area contributed by atoms with E-state index in [4.69, 9.17) is 4.99 Å². The average Bonchev–Trinajstić information content (AvgIpc) is 3.13. The van der Waals surface area contributed by atoms with E-state index < -0.39 is 0 Å². The molecular weight excluding hydrogens is 294 g/mol. The van der Waals surface area contributed by atoms with Gasteiger partial charge in [-0.3, -0.25) is 4.99 Å². The zero-order valence-corrected chi connectivity index (χ0v) is 14.5. The van der Waals surface area contributed by atoms with Crippen LogP contribution in [0.1, 0.15) is 37.9 Å². The van der Waals surface area contributed by atoms with Crippen LogP contribution in [0.25, 0.3) is 10.9 Å². The van der Waals surface area contributed by atoms with Crippen molar-refractivity contribution in [3.63, 3.8) is 0 Å². The first-order valence-electron chi connectivity index (χ1n) is 8.50. The van der Waals surface area contributed by atoms with Crippen molar-refractivity contribution < 1.29 is 0 Å². The van der Waals surface area contributed by atoms with Gasteiger partial charge in [0.2, 0.25) is 0 Å². The largest absolute Gasteiger partial charge is 0.361 e. The Labute approximate surface area is 143 Å². The van der Waals surface area contributed by atoms with Gasteiger partial charge in [0.05, 0.1) is 17.9 Å². The number of nitrogens with one attached hydrogen (secondary N) is 1. The minimum absolute atomic E-state index is 0.0811. The number of aromatic nitrogens is 1. The fourth-order valence-corrected chi connectivity index (χ4v) is 3.42. The Hall–Kier alpha value is -2.55. The summed E-state index contributed by atoms with van der Waals surface area (Å²) in [7, 11) is 0. The third-order valence-corrected chi connectivity index (χ3v) is 4.57. The molecule has 0 spiro atoms. The molecule has 0 bridgehead atoms. The lowest BCUT2D eigenvalue weighted by Gasteiger charge is -2.24. The van der Waals surface area contributed by atoms with Gasteiger partial charge in [0.15, 0.2) is 0 Å². The van der Waals surface area contributed by atoms with Crippen molar-refractivity contribution in [2.75, 3.05) is 4.90 Å². The van der Waals surface area contributed by atoms with Crippen molar-refractivity contribution in [2.45, 2.75) is 38.8 Å². The van der Waals surface area contributed by atoms with Crippen LogP contribution in [0.4, 0.5) is 5.69 Å². The van der Waals surface area contributed by atoms with Crippen LogP contribution in [0.2, 0.25) is 0 Å². The van der Waals surface area contributed by atoms with Crippen LogP contribution >= 0.6 is 0 Å². The smallest absolute Gasteiger partial charge is 0.0906 e. The molecule has 24 heavy (non-hydrogen) atoms. The van der Waals surface area contributed by atoms with E-state index in [9.17, 15) is 0 Å². The molecule has 122 valence electrons. The predicted molar refractivity (Wildman–Crippen MR) is 102 cm³/mol. The van der Waals surface area contributed by atoms with Gasteiger partial charge in [0, 0.05) is 28.4 Å². The van der Waals surface area contributed by atoms with Gasteiger partial charge < -0.3 is 9.88 Å². The van der Waals surface area contributed by atoms with Crippen molar-refractivity contribution >= 4 is 22.9 Å². The topological polar surface area (TPSA) is 31.4 Å². The normalized spacial score (nSPS) is 17.8. The Balaban J connectivity index is 1.81. The number of benzene rings is 2. The van der Waals surface area contributed by atoms with Crippen LogP contribution in [0, 0.1) is 0 Å². The monoisotopic (exact) mass is 317 g/mol. The summed E-state index contributed by atoms with van der Waals surface area (Å²) in [5, 5.41) is 1.30. The van der Waals surface area contributed by atoms with Crippen LogP contribution in [0.5, 0.6) is 0 Å². The highest BCUT2D eigenvalue weighted by atomic mass is 15.2. The molecule has 0 aliphatic carbocycles. The highest BCUT2D eigenvalue weighted by Gasteiger charge is 2.31. The summed E-state index contributed by atoms with van der Waals surface area (Å²) in [5.74, 6) is 0. The maximum absolute atomic E-state index is 4.77. The molecule has 0 radical (unpaired) electrons. The number of para-hydroxylation sites is 2. The first kappa shape index (κ1) is 15.0. The Kier molecular flexibility index (Phi) is 3.45. The molecule has 1 aliphatic heterocycles. The maximum Gasteiger partial charge on any atom is 0.0906 e. The fraction of sp³-hybridized carbons (Fsp3) is 0.286. The lowest BCUT2D eigenvalue weighted by atomic mass is 10.0. The molecule has 0 saturated heterocycles. The zero-order chi connectivity index (χ0) is 16.7. The molecule has 0 saturated carbocycles. The predicted octanol–water partition coefficient (Wildman–Crippen LogP) is 5.10. The zero-order valence-electron chi connectivity index (χ0n) is 14.5. The van der Waals surface area contributed by atoms with E-state index in [1.54, 1.807) is 0 Å². The number of aromatic amines is 1. The summed E-state index contributed by atoms with van der Waals surface area (Å²) < 4.78 is 0. The lowest BCUT2D eigenvalue weighted by Crippen LogP contribution is -2.25. The maximum atomic E-state index is 4.77. The van der Waals surface area contributed by atoms with Gasteiger partial charge in [-0.2, -0.15) is 0 Å². The van der Waals surface area contributed by atoms with Gasteiger partial charge in [-0.05, 0) is 44.9 Å². The quantitative estimate of drug-likeness (QED) is 0.517. The molecule has 0 amide bonds. The molecule has 1 unspecified atom stereocenters. The van der Waals surface area contributed by atoms with Crippen molar-refractivity contribution in [3.8, 4) is 0 Å². The summed E-state index contributed by atoms with van der Waals surface area (Å²) in [6.45, 7) is 6.39. The molecule has 2 heterocycles. The molecule has 4 rings (SSSR count). The van der Waals surface area contributed by atoms with Gasteiger partial charge in [-0.15, -0.1) is 0 Å². The number of hydrogen-bond donors (Lipinski definition) is 1. The number of aliphatic imine (C=N–C) groups is 1. The molecule has 3 nitrogen and oxygen atoms in total. The fourth-order valence-electron chi connectivity index (χ4n) is 3.42. The van der Waals surface area contributed by atoms with Crippen LogP contribution in [0.3, 0.4) is 0 Å². The van der Waals surface area contributed by atoms with Crippen LogP contribution in [-0.4, -0.2) is 16.9 Å². The number of hydrogen-bond acceptors (Lipinski definition) is 1. The number of anilines is 1. The van der Waals surface area contributed by atoms with E-state index in [0.717, 1.165) is 6.42 Å². The second-order valence-corrected chi connectivity index (χ2v) is 7.46. The summed E-state index contributed by atoms with van der Waals surface area (Å²) in [5.41, 5.74) is 5.09. The molecule has 0 fully saturated rings. The number of rotatable bonds is 2. The van der Waals surface area contributed by atoms with Gasteiger partial charge in [-0.1, -0.05) is 36.4 Å². The Morgan fingerprint density at radius 1 is 1.08 bits per heavy atom. The van der Waals surface area contributed by atoms with Crippen molar-refractivity contribution in [1.82, 2.24) is 4.98 Å². The molecule has 2 aromatic carbocycles. The number of nitrogens with zero attached hydrogens (tertiary/aromatic N) is 2. The lowest BCUT2D eigenvalue weighted by molar-refractivity contribution is 0.583. The minimum atomic E-state index is -0.0811. The van der Waals surface area contributed by atoms with Gasteiger partial charge in [0.25, 0.3) is 0 Å². The standard InChI is InChI=1S/C21H23N3/c1-21(2,3)23-14-24-19-11-7-4-8-15(19)12-20(24)17-13-22-18-10-6-5-9-16(17)18/h4-11,13-14,20,22H,12H2,1-3H3/b23-14+. The second kappa shape index (κ2) is 5.52. The van der Waals surface area contributed by atoms with E-state index in [1.165, 1.54) is 27.7 Å². The number of H-pyrrole nitrogens is 1. The third-order valence-electron chi connectivity index (χ3n) is 4.57. The molecule has 1 atom stereocenters. The molecule has 1 aromatic heterocycles. The van der Waals surface area contributed by atoms with Crippen LogP contribution in [0.15, 0.2) is 59.7 Å². The molecular formula is C21H23N3. The van der Waals surface area contributed by atoms with Crippen LogP contribution in [-0.2, 0) is 6.42 Å². The summed E-state index contributed by atoms with van der Waals surface area (Å²) in [4.78, 5) is 10.5. The molecule has 3 heteroatoms. The Bertz CT molecular complexity index is 899. The van der Waals surface area contributed by atoms with E-state index in [0.29, 0.717) is 0 Å². The summed E-state index contributed by atoms with van der Waals surface area (Å²) in [6.07, 6.45) is 5.19. The Morgan fingerprint density at radius 2 is 1.83 bits per heavy atom. The van der Waals surface area contributed by atoms with Gasteiger partial charge in [0.1, 0.15) is 0 Å². The first-order chi connectivity index (χ1) is 11.5. The summed E-state index contributed by atoms with van der Waals surface area (Å²) in [6, 6.07) is 17.4. The van der Waals surface area contributed by atoms with E-state index in [-0.39, 0.29) is 11.6 Å². The SMILES string of the molecule is CC(C)(C)/N=C/N1c2ccccc2CC1c1c[nH]c2ccccc12. The first-order valence-corrected chi connectivity index (χ1v) is 8.50. The minimum Gasteiger partial charge on any atom is -0.361 e. The molecule has 1 N–H and O–H groups in total. The van der Waals surface area contributed by atoms with Crippen molar-refractivity contribution in [1.29, 1.82) is 0 Å². The summed E-state index contributed by atoms with van der Waals surface area (Å²) >= 11 is 0. The van der Waals surface area contributed by atoms with Gasteiger partial charge >= 0.3 is 0 Å². The van der Waals surface area contributed by atoms with Gasteiger partial charge in [-0.25, -0.2) is 0 Å². The van der Waals surface area contributed by atoms with E-state index in [2.05, 4.69) is 85.4 Å². The van der Waals surface area contributed by atoms with Crippen molar-refractivity contribution in [2.24, 2.45) is 4.99 Å². The molecule has 3 aromatic rings. The average molecular weight is 317 g/mol. The number of fused-ring (bicyclic) bond motifs is 2.